The fourth-order valence-electron chi connectivity index (χ4n) is 6.38. The Balaban J connectivity index is 1.24. The van der Waals surface area contributed by atoms with Crippen molar-refractivity contribution in [3.05, 3.63) is 92.4 Å². The maximum atomic E-state index is 13.4. The van der Waals surface area contributed by atoms with Gasteiger partial charge in [0.15, 0.2) is 0 Å². The molecule has 0 aliphatic carbocycles. The summed E-state index contributed by atoms with van der Waals surface area (Å²) < 4.78 is 8.83. The van der Waals surface area contributed by atoms with Crippen molar-refractivity contribution in [1.82, 2.24) is 19.0 Å². The number of methoxy groups -OCH3 is 1. The Morgan fingerprint density at radius 1 is 1.14 bits per heavy atom. The third-order valence-corrected chi connectivity index (χ3v) is 8.54. The quantitative estimate of drug-likeness (QED) is 0.282. The van der Waals surface area contributed by atoms with Gasteiger partial charge in [0.05, 0.1) is 5.56 Å². The molecule has 1 amide bonds. The highest BCUT2D eigenvalue weighted by Gasteiger charge is 2.29. The minimum Gasteiger partial charge on any atom is -0.385 e. The van der Waals surface area contributed by atoms with Gasteiger partial charge in [-0.1, -0.05) is 42.5 Å². The van der Waals surface area contributed by atoms with E-state index in [-0.39, 0.29) is 29.8 Å². The Morgan fingerprint density at radius 2 is 1.90 bits per heavy atom. The van der Waals surface area contributed by atoms with Crippen molar-refractivity contribution < 1.29 is 9.53 Å². The van der Waals surface area contributed by atoms with Gasteiger partial charge in [0.1, 0.15) is 0 Å². The Bertz CT molecular complexity index is 1670. The molecule has 3 heterocycles. The van der Waals surface area contributed by atoms with E-state index in [2.05, 4.69) is 40.7 Å². The highest BCUT2D eigenvalue weighted by Crippen LogP contribution is 2.36. The third kappa shape index (κ3) is 6.12. The number of piperidine rings is 1. The lowest BCUT2D eigenvalue weighted by Gasteiger charge is -2.34. The number of likely N-dealkylation sites (tertiary alicyclic amines) is 1. The minimum atomic E-state index is -0.448. The number of fused-ring (bicyclic) bond motifs is 1. The van der Waals surface area contributed by atoms with Crippen molar-refractivity contribution >= 4 is 16.8 Å². The van der Waals surface area contributed by atoms with Crippen molar-refractivity contribution in [3.8, 4) is 11.1 Å². The maximum Gasteiger partial charge on any atom is 0.328 e. The molecule has 0 saturated carbocycles. The van der Waals surface area contributed by atoms with Gasteiger partial charge in [-0.25, -0.2) is 4.79 Å². The molecule has 2 atom stereocenters. The van der Waals surface area contributed by atoms with E-state index in [4.69, 9.17) is 10.5 Å². The summed E-state index contributed by atoms with van der Waals surface area (Å²) in [6, 6.07) is 15.8. The molecule has 9 heteroatoms. The van der Waals surface area contributed by atoms with Gasteiger partial charge >= 0.3 is 5.69 Å². The van der Waals surface area contributed by atoms with Gasteiger partial charge in [-0.15, -0.1) is 0 Å². The van der Waals surface area contributed by atoms with Crippen LogP contribution in [0.25, 0.3) is 22.0 Å². The molecule has 0 spiro atoms. The molecule has 0 radical (unpaired) electrons. The number of nitrogens with two attached hydrogens (primary N) is 1. The van der Waals surface area contributed by atoms with Crippen LogP contribution in [0.1, 0.15) is 48.4 Å². The standard InChI is InChI=1S/C33H41N5O4/c1-22-27-9-4-5-10-29(27)38(16-7-17-42-3)31(22)25-8-6-15-37(21-25)30(39)19-26(34)18-23-11-13-24(14-12-23)28-20-35-33(41)36(2)32(28)40/h4-5,9-14,20,25-26H,6-8,15-19,21,34H2,1-3H3,(H,35,41)/t25?,26-/m1/s1. The molecule has 1 fully saturated rings. The monoisotopic (exact) mass is 571 g/mol. The smallest absolute Gasteiger partial charge is 0.328 e. The number of carbonyl (C=O) groups excluding carboxylic acids is 1. The summed E-state index contributed by atoms with van der Waals surface area (Å²) in [4.78, 5) is 42.1. The van der Waals surface area contributed by atoms with E-state index in [0.29, 0.717) is 25.1 Å². The first-order chi connectivity index (χ1) is 20.3. The lowest BCUT2D eigenvalue weighted by molar-refractivity contribution is -0.132. The SMILES string of the molecule is COCCCn1c(C2CCCN(C(=O)C[C@H](N)Cc3ccc(-c4c[nH]c(=O)n(C)c4=O)cc3)C2)c(C)c2ccccc21. The summed E-state index contributed by atoms with van der Waals surface area (Å²) >= 11 is 0. The van der Waals surface area contributed by atoms with E-state index < -0.39 is 5.69 Å². The molecule has 2 aromatic heterocycles. The van der Waals surface area contributed by atoms with Gasteiger partial charge in [0, 0.05) is 81.6 Å². The van der Waals surface area contributed by atoms with Crippen molar-refractivity contribution in [3.63, 3.8) is 0 Å². The predicted molar refractivity (Wildman–Crippen MR) is 166 cm³/mol. The second kappa shape index (κ2) is 12.9. The normalized spacial score (nSPS) is 16.2. The van der Waals surface area contributed by atoms with Crippen molar-refractivity contribution in [1.29, 1.82) is 0 Å². The number of hydrogen-bond donors (Lipinski definition) is 2. The topological polar surface area (TPSA) is 115 Å². The van der Waals surface area contributed by atoms with Crippen LogP contribution in [0, 0.1) is 6.92 Å². The Hall–Kier alpha value is -3.95. The van der Waals surface area contributed by atoms with E-state index in [1.165, 1.54) is 35.4 Å². The summed E-state index contributed by atoms with van der Waals surface area (Å²) in [6.45, 7) is 5.28. The molecule has 222 valence electrons. The van der Waals surface area contributed by atoms with Crippen LogP contribution in [-0.4, -0.2) is 57.8 Å². The second-order valence-electron chi connectivity index (χ2n) is 11.4. The fourth-order valence-corrected chi connectivity index (χ4v) is 6.38. The molecule has 2 aromatic carbocycles. The van der Waals surface area contributed by atoms with Crippen LogP contribution >= 0.6 is 0 Å². The van der Waals surface area contributed by atoms with Crippen LogP contribution < -0.4 is 17.0 Å². The Kier molecular flexibility index (Phi) is 9.09. The van der Waals surface area contributed by atoms with Crippen LogP contribution in [0.2, 0.25) is 0 Å². The van der Waals surface area contributed by atoms with Crippen molar-refractivity contribution in [2.24, 2.45) is 12.8 Å². The maximum absolute atomic E-state index is 13.4. The number of rotatable bonds is 10. The van der Waals surface area contributed by atoms with E-state index in [1.807, 2.05) is 29.2 Å². The van der Waals surface area contributed by atoms with Gasteiger partial charge in [-0.2, -0.15) is 0 Å². The number of aromatic nitrogens is 3. The fraction of sp³-hybridized carbons (Fsp3) is 0.424. The van der Waals surface area contributed by atoms with Crippen molar-refractivity contribution in [2.75, 3.05) is 26.8 Å². The highest BCUT2D eigenvalue weighted by molar-refractivity contribution is 5.85. The molecular formula is C33H41N5O4. The first-order valence-corrected chi connectivity index (χ1v) is 14.8. The average Bonchev–Trinajstić information content (AvgIpc) is 3.28. The van der Waals surface area contributed by atoms with Crippen LogP contribution in [0.3, 0.4) is 0 Å². The number of H-pyrrole nitrogens is 1. The van der Waals surface area contributed by atoms with Crippen LogP contribution in [-0.2, 0) is 29.5 Å². The largest absolute Gasteiger partial charge is 0.385 e. The number of nitrogens with zero attached hydrogens (tertiary/aromatic N) is 3. The lowest BCUT2D eigenvalue weighted by Crippen LogP contribution is -2.42. The van der Waals surface area contributed by atoms with Gasteiger partial charge in [-0.3, -0.25) is 14.2 Å². The third-order valence-electron chi connectivity index (χ3n) is 8.54. The van der Waals surface area contributed by atoms with E-state index in [0.717, 1.165) is 48.0 Å². The molecule has 3 N–H and O–H groups in total. The number of ether oxygens (including phenoxy) is 1. The zero-order valence-electron chi connectivity index (χ0n) is 24.8. The molecule has 5 rings (SSSR count). The second-order valence-corrected chi connectivity index (χ2v) is 11.4. The summed E-state index contributed by atoms with van der Waals surface area (Å²) in [5, 5.41) is 1.28. The van der Waals surface area contributed by atoms with Gasteiger partial charge in [-0.05, 0) is 55.4 Å². The summed E-state index contributed by atoms with van der Waals surface area (Å²) in [6.07, 6.45) is 5.24. The van der Waals surface area contributed by atoms with E-state index >= 15 is 0 Å². The van der Waals surface area contributed by atoms with Gasteiger partial charge in [0.2, 0.25) is 5.91 Å². The van der Waals surface area contributed by atoms with Crippen LogP contribution in [0.5, 0.6) is 0 Å². The zero-order chi connectivity index (χ0) is 29.8. The molecule has 42 heavy (non-hydrogen) atoms. The number of carbonyl (C=O) groups is 1. The molecule has 9 nitrogen and oxygen atoms in total. The number of amides is 1. The minimum absolute atomic E-state index is 0.0975. The number of aromatic amines is 1. The molecule has 1 aliphatic rings. The number of benzene rings is 2. The highest BCUT2D eigenvalue weighted by atomic mass is 16.5. The zero-order valence-corrected chi connectivity index (χ0v) is 24.8. The van der Waals surface area contributed by atoms with E-state index in [1.54, 1.807) is 7.11 Å². The first-order valence-electron chi connectivity index (χ1n) is 14.8. The van der Waals surface area contributed by atoms with Gasteiger partial charge in [0.25, 0.3) is 5.56 Å². The molecule has 1 aliphatic heterocycles. The Morgan fingerprint density at radius 3 is 2.67 bits per heavy atom. The van der Waals surface area contributed by atoms with Crippen LogP contribution in [0.4, 0.5) is 0 Å². The number of aryl methyl sites for hydroxylation is 2. The summed E-state index contributed by atoms with van der Waals surface area (Å²) in [5.41, 5.74) is 11.7. The average molecular weight is 572 g/mol. The van der Waals surface area contributed by atoms with E-state index in [9.17, 15) is 14.4 Å². The molecule has 1 saturated heterocycles. The number of nitrogens with one attached hydrogen (secondary N) is 1. The van der Waals surface area contributed by atoms with Crippen LogP contribution in [0.15, 0.2) is 64.3 Å². The van der Waals surface area contributed by atoms with Gasteiger partial charge < -0.3 is 24.9 Å². The molecule has 0 bridgehead atoms. The predicted octanol–water partition coefficient (Wildman–Crippen LogP) is 3.71. The number of hydrogen-bond acceptors (Lipinski definition) is 5. The summed E-state index contributed by atoms with van der Waals surface area (Å²) in [7, 11) is 3.19. The Labute approximate surface area is 245 Å². The molecule has 1 unspecified atom stereocenters. The number of para-hydroxylation sites is 1. The molecular weight excluding hydrogens is 530 g/mol. The lowest BCUT2D eigenvalue weighted by atomic mass is 9.91. The molecule has 4 aromatic rings. The first kappa shape index (κ1) is 29.5. The van der Waals surface area contributed by atoms with Crippen molar-refractivity contribution in [2.45, 2.75) is 57.5 Å². The summed E-state index contributed by atoms with van der Waals surface area (Å²) in [5.74, 6) is 0.377.